The summed E-state index contributed by atoms with van der Waals surface area (Å²) in [7, 11) is 0. The van der Waals surface area contributed by atoms with E-state index in [0.717, 1.165) is 45.7 Å². The van der Waals surface area contributed by atoms with Crippen molar-refractivity contribution in [3.05, 3.63) is 0 Å². The highest BCUT2D eigenvalue weighted by Crippen LogP contribution is 2.00. The Morgan fingerprint density at radius 1 is 1.36 bits per heavy atom. The standard InChI is InChI=1S/C10H19NO3/c1-10(12)14-7-3-2-4-11-5-8-13-9-6-11/h2-9H2,1H3. The lowest BCUT2D eigenvalue weighted by molar-refractivity contribution is -0.141. The second-order valence-electron chi connectivity index (χ2n) is 3.50. The van der Waals surface area contributed by atoms with Crippen LogP contribution >= 0.6 is 0 Å². The van der Waals surface area contributed by atoms with Crippen LogP contribution in [0.2, 0.25) is 0 Å². The molecule has 0 spiro atoms. The van der Waals surface area contributed by atoms with Crippen molar-refractivity contribution < 1.29 is 14.3 Å². The highest BCUT2D eigenvalue weighted by Gasteiger charge is 2.08. The van der Waals surface area contributed by atoms with Crippen LogP contribution in [0.1, 0.15) is 19.8 Å². The van der Waals surface area contributed by atoms with Crippen LogP contribution in [-0.2, 0) is 14.3 Å². The molecule has 82 valence electrons. The highest BCUT2D eigenvalue weighted by atomic mass is 16.5. The molecule has 4 nitrogen and oxygen atoms in total. The molecule has 14 heavy (non-hydrogen) atoms. The number of rotatable bonds is 5. The smallest absolute Gasteiger partial charge is 0.302 e. The average Bonchev–Trinajstić information content (AvgIpc) is 2.18. The molecule has 0 bridgehead atoms. The largest absolute Gasteiger partial charge is 0.466 e. The topological polar surface area (TPSA) is 38.8 Å². The van der Waals surface area contributed by atoms with Crippen molar-refractivity contribution in [1.29, 1.82) is 0 Å². The van der Waals surface area contributed by atoms with Crippen LogP contribution in [0.15, 0.2) is 0 Å². The van der Waals surface area contributed by atoms with Crippen molar-refractivity contribution in [1.82, 2.24) is 4.90 Å². The minimum absolute atomic E-state index is 0.184. The van der Waals surface area contributed by atoms with E-state index in [-0.39, 0.29) is 5.97 Å². The molecular weight excluding hydrogens is 182 g/mol. The van der Waals surface area contributed by atoms with E-state index in [2.05, 4.69) is 4.90 Å². The van der Waals surface area contributed by atoms with Gasteiger partial charge < -0.3 is 9.47 Å². The first kappa shape index (κ1) is 11.5. The molecule has 0 atom stereocenters. The number of hydrogen-bond acceptors (Lipinski definition) is 4. The molecule has 4 heteroatoms. The molecular formula is C10H19NO3. The van der Waals surface area contributed by atoms with E-state index in [9.17, 15) is 4.79 Å². The van der Waals surface area contributed by atoms with Crippen LogP contribution in [0.25, 0.3) is 0 Å². The van der Waals surface area contributed by atoms with Crippen LogP contribution in [0, 0.1) is 0 Å². The Kier molecular flexibility index (Phi) is 5.56. The maximum Gasteiger partial charge on any atom is 0.302 e. The molecule has 1 saturated heterocycles. The number of carbonyl (C=O) groups excluding carboxylic acids is 1. The van der Waals surface area contributed by atoms with Crippen molar-refractivity contribution in [3.8, 4) is 0 Å². The quantitative estimate of drug-likeness (QED) is 0.484. The zero-order valence-electron chi connectivity index (χ0n) is 8.83. The summed E-state index contributed by atoms with van der Waals surface area (Å²) in [5.41, 5.74) is 0. The predicted octanol–water partition coefficient (Wildman–Crippen LogP) is 0.662. The van der Waals surface area contributed by atoms with Gasteiger partial charge >= 0.3 is 5.97 Å². The molecule has 0 aromatic carbocycles. The Morgan fingerprint density at radius 2 is 2.07 bits per heavy atom. The Balaban J connectivity index is 1.90. The van der Waals surface area contributed by atoms with E-state index in [1.807, 2.05) is 0 Å². The van der Waals surface area contributed by atoms with Gasteiger partial charge in [0.05, 0.1) is 19.8 Å². The van der Waals surface area contributed by atoms with Gasteiger partial charge in [0.1, 0.15) is 0 Å². The third kappa shape index (κ3) is 5.19. The molecule has 0 aliphatic carbocycles. The lowest BCUT2D eigenvalue weighted by Crippen LogP contribution is -2.36. The van der Waals surface area contributed by atoms with Crippen molar-refractivity contribution in [2.75, 3.05) is 39.5 Å². The van der Waals surface area contributed by atoms with Crippen molar-refractivity contribution in [2.45, 2.75) is 19.8 Å². The van der Waals surface area contributed by atoms with Crippen molar-refractivity contribution in [2.24, 2.45) is 0 Å². The minimum atomic E-state index is -0.184. The fourth-order valence-corrected chi connectivity index (χ4v) is 1.48. The van der Waals surface area contributed by atoms with Crippen LogP contribution in [0.3, 0.4) is 0 Å². The van der Waals surface area contributed by atoms with E-state index in [1.165, 1.54) is 6.92 Å². The first-order valence-electron chi connectivity index (χ1n) is 5.22. The summed E-state index contributed by atoms with van der Waals surface area (Å²) in [5.74, 6) is -0.184. The van der Waals surface area contributed by atoms with Crippen LogP contribution in [0.5, 0.6) is 0 Å². The summed E-state index contributed by atoms with van der Waals surface area (Å²) in [6.07, 6.45) is 2.05. The molecule has 1 aliphatic rings. The molecule has 0 amide bonds. The molecule has 0 aromatic rings. The van der Waals surface area contributed by atoms with E-state index >= 15 is 0 Å². The second kappa shape index (κ2) is 6.79. The number of ether oxygens (including phenoxy) is 2. The molecule has 1 rings (SSSR count). The van der Waals surface area contributed by atoms with Gasteiger partial charge in [-0.3, -0.25) is 9.69 Å². The number of carbonyl (C=O) groups is 1. The number of esters is 1. The summed E-state index contributed by atoms with van der Waals surface area (Å²) in [6, 6.07) is 0. The van der Waals surface area contributed by atoms with Crippen LogP contribution in [0.4, 0.5) is 0 Å². The van der Waals surface area contributed by atoms with Crippen molar-refractivity contribution >= 4 is 5.97 Å². The Labute approximate surface area is 85.2 Å². The van der Waals surface area contributed by atoms with Gasteiger partial charge in [0.2, 0.25) is 0 Å². The lowest BCUT2D eigenvalue weighted by atomic mass is 10.3. The third-order valence-corrected chi connectivity index (χ3v) is 2.28. The Hall–Kier alpha value is -0.610. The Morgan fingerprint density at radius 3 is 2.71 bits per heavy atom. The number of hydrogen-bond donors (Lipinski definition) is 0. The van der Waals surface area contributed by atoms with Gasteiger partial charge in [-0.05, 0) is 19.4 Å². The van der Waals surface area contributed by atoms with E-state index < -0.39 is 0 Å². The maximum atomic E-state index is 10.5. The monoisotopic (exact) mass is 201 g/mol. The summed E-state index contributed by atoms with van der Waals surface area (Å²) >= 11 is 0. The molecule has 0 saturated carbocycles. The lowest BCUT2D eigenvalue weighted by Gasteiger charge is -2.26. The van der Waals surface area contributed by atoms with E-state index in [4.69, 9.17) is 9.47 Å². The molecule has 0 unspecified atom stereocenters. The molecule has 0 radical (unpaired) electrons. The summed E-state index contributed by atoms with van der Waals surface area (Å²) in [5, 5.41) is 0. The van der Waals surface area contributed by atoms with Gasteiger partial charge in [0.25, 0.3) is 0 Å². The molecule has 1 aliphatic heterocycles. The summed E-state index contributed by atoms with van der Waals surface area (Å²) in [6.45, 7) is 6.86. The van der Waals surface area contributed by atoms with E-state index in [1.54, 1.807) is 0 Å². The van der Waals surface area contributed by atoms with Gasteiger partial charge in [-0.1, -0.05) is 0 Å². The van der Waals surface area contributed by atoms with Gasteiger partial charge in [0, 0.05) is 20.0 Å². The fourth-order valence-electron chi connectivity index (χ4n) is 1.48. The zero-order chi connectivity index (χ0) is 10.2. The van der Waals surface area contributed by atoms with Crippen LogP contribution < -0.4 is 0 Å². The Bertz CT molecular complexity index is 167. The molecule has 0 N–H and O–H groups in total. The molecule has 1 heterocycles. The predicted molar refractivity (Wildman–Crippen MR) is 53.1 cm³/mol. The van der Waals surface area contributed by atoms with Gasteiger partial charge in [-0.15, -0.1) is 0 Å². The van der Waals surface area contributed by atoms with Gasteiger partial charge in [-0.25, -0.2) is 0 Å². The molecule has 0 aromatic heterocycles. The SMILES string of the molecule is CC(=O)OCCCCN1CCOCC1. The number of morpholine rings is 1. The van der Waals surface area contributed by atoms with E-state index in [0.29, 0.717) is 6.61 Å². The summed E-state index contributed by atoms with van der Waals surface area (Å²) < 4.78 is 10.1. The number of nitrogens with zero attached hydrogens (tertiary/aromatic N) is 1. The normalized spacial score (nSPS) is 18.1. The third-order valence-electron chi connectivity index (χ3n) is 2.28. The summed E-state index contributed by atoms with van der Waals surface area (Å²) in [4.78, 5) is 12.8. The zero-order valence-corrected chi connectivity index (χ0v) is 8.83. The van der Waals surface area contributed by atoms with Crippen molar-refractivity contribution in [3.63, 3.8) is 0 Å². The first-order valence-corrected chi connectivity index (χ1v) is 5.22. The minimum Gasteiger partial charge on any atom is -0.466 e. The second-order valence-corrected chi connectivity index (χ2v) is 3.50. The number of unbranched alkanes of at least 4 members (excludes halogenated alkanes) is 1. The van der Waals surface area contributed by atoms with Gasteiger partial charge in [-0.2, -0.15) is 0 Å². The maximum absolute atomic E-state index is 10.5. The average molecular weight is 201 g/mol. The highest BCUT2D eigenvalue weighted by molar-refractivity contribution is 5.65. The van der Waals surface area contributed by atoms with Gasteiger partial charge in [0.15, 0.2) is 0 Å². The van der Waals surface area contributed by atoms with Crippen LogP contribution in [-0.4, -0.2) is 50.3 Å². The first-order chi connectivity index (χ1) is 6.79. The fraction of sp³-hybridized carbons (Fsp3) is 0.900. The molecule has 1 fully saturated rings.